The van der Waals surface area contributed by atoms with Gasteiger partial charge in [0.15, 0.2) is 0 Å². The van der Waals surface area contributed by atoms with Crippen LogP contribution in [0.15, 0.2) is 67.3 Å². The number of nitrogens with one attached hydrogen (secondary N) is 1. The molecule has 0 spiro atoms. The zero-order valence-electron chi connectivity index (χ0n) is 13.5. The van der Waals surface area contributed by atoms with Gasteiger partial charge in [0, 0.05) is 18.4 Å². The van der Waals surface area contributed by atoms with Crippen LogP contribution in [0.1, 0.15) is 5.56 Å². The zero-order valence-corrected chi connectivity index (χ0v) is 13.5. The van der Waals surface area contributed by atoms with E-state index in [1.807, 2.05) is 59.2 Å². The number of anilines is 2. The molecule has 0 amide bonds. The molecule has 0 aliphatic rings. The minimum Gasteiger partial charge on any atom is -0.396 e. The highest BCUT2D eigenvalue weighted by Crippen LogP contribution is 2.20. The Morgan fingerprint density at radius 1 is 0.960 bits per heavy atom. The van der Waals surface area contributed by atoms with Crippen LogP contribution in [0.25, 0.3) is 16.9 Å². The van der Waals surface area contributed by atoms with Crippen LogP contribution in [0.4, 0.5) is 11.5 Å². The van der Waals surface area contributed by atoms with Crippen molar-refractivity contribution in [2.24, 2.45) is 0 Å². The van der Waals surface area contributed by atoms with Gasteiger partial charge in [-0.1, -0.05) is 24.3 Å². The van der Waals surface area contributed by atoms with Crippen molar-refractivity contribution in [1.29, 1.82) is 0 Å². The summed E-state index contributed by atoms with van der Waals surface area (Å²) in [7, 11) is 0. The first-order valence-corrected chi connectivity index (χ1v) is 8.05. The van der Waals surface area contributed by atoms with E-state index in [4.69, 9.17) is 5.11 Å². The van der Waals surface area contributed by atoms with Gasteiger partial charge in [-0.25, -0.2) is 15.0 Å². The fraction of sp³-hybridized carbons (Fsp3) is 0.105. The van der Waals surface area contributed by atoms with E-state index in [0.29, 0.717) is 12.2 Å². The zero-order chi connectivity index (χ0) is 17.1. The number of aliphatic hydroxyl groups excluding tert-OH is 1. The molecular formula is C19H17N5O. The second kappa shape index (κ2) is 6.70. The molecule has 2 N–H and O–H groups in total. The van der Waals surface area contributed by atoms with Crippen molar-refractivity contribution >= 4 is 22.5 Å². The lowest BCUT2D eigenvalue weighted by Gasteiger charge is -2.08. The Hall–Kier alpha value is -3.25. The summed E-state index contributed by atoms with van der Waals surface area (Å²) in [5.41, 5.74) is 3.96. The lowest BCUT2D eigenvalue weighted by atomic mass is 10.1. The molecule has 0 unspecified atom stereocenters. The number of rotatable bonds is 5. The molecule has 25 heavy (non-hydrogen) atoms. The molecule has 0 bridgehead atoms. The average molecular weight is 331 g/mol. The van der Waals surface area contributed by atoms with E-state index in [0.717, 1.165) is 28.1 Å². The summed E-state index contributed by atoms with van der Waals surface area (Å²) >= 11 is 0. The van der Waals surface area contributed by atoms with Crippen molar-refractivity contribution in [3.8, 4) is 5.82 Å². The summed E-state index contributed by atoms with van der Waals surface area (Å²) in [4.78, 5) is 13.0. The molecule has 124 valence electrons. The summed E-state index contributed by atoms with van der Waals surface area (Å²) in [5, 5.41) is 12.3. The molecule has 6 nitrogen and oxygen atoms in total. The Balaban J connectivity index is 1.61. The molecule has 0 aliphatic heterocycles. The first kappa shape index (κ1) is 15.3. The monoisotopic (exact) mass is 331 g/mol. The first-order valence-electron chi connectivity index (χ1n) is 8.05. The van der Waals surface area contributed by atoms with Gasteiger partial charge in [0.05, 0.1) is 11.0 Å². The second-order valence-corrected chi connectivity index (χ2v) is 5.66. The van der Waals surface area contributed by atoms with Crippen LogP contribution in [0.3, 0.4) is 0 Å². The molecule has 2 heterocycles. The summed E-state index contributed by atoms with van der Waals surface area (Å²) in [6.07, 6.45) is 3.96. The third kappa shape index (κ3) is 3.20. The molecule has 4 aromatic rings. The van der Waals surface area contributed by atoms with Crippen LogP contribution in [0.2, 0.25) is 0 Å². The molecule has 6 heteroatoms. The van der Waals surface area contributed by atoms with Crippen LogP contribution >= 0.6 is 0 Å². The topological polar surface area (TPSA) is 75.9 Å². The van der Waals surface area contributed by atoms with Gasteiger partial charge in [0.25, 0.3) is 0 Å². The van der Waals surface area contributed by atoms with E-state index >= 15 is 0 Å². The fourth-order valence-corrected chi connectivity index (χ4v) is 2.72. The van der Waals surface area contributed by atoms with E-state index in [2.05, 4.69) is 20.3 Å². The Morgan fingerprint density at radius 3 is 2.64 bits per heavy atom. The predicted octanol–water partition coefficient (Wildman–Crippen LogP) is 3.09. The number of nitrogens with zero attached hydrogens (tertiary/aromatic N) is 4. The van der Waals surface area contributed by atoms with E-state index in [1.165, 1.54) is 6.33 Å². The van der Waals surface area contributed by atoms with E-state index in [9.17, 15) is 0 Å². The number of imidazole rings is 1. The lowest BCUT2D eigenvalue weighted by molar-refractivity contribution is 0.299. The summed E-state index contributed by atoms with van der Waals surface area (Å²) in [6, 6.07) is 17.7. The van der Waals surface area contributed by atoms with Crippen molar-refractivity contribution in [3.63, 3.8) is 0 Å². The van der Waals surface area contributed by atoms with E-state index in [1.54, 1.807) is 6.33 Å². The van der Waals surface area contributed by atoms with Crippen LogP contribution in [0, 0.1) is 0 Å². The van der Waals surface area contributed by atoms with Gasteiger partial charge in [-0.2, -0.15) is 0 Å². The molecule has 2 aromatic heterocycles. The molecule has 4 rings (SSSR count). The number of aromatic nitrogens is 4. The summed E-state index contributed by atoms with van der Waals surface area (Å²) in [5.74, 6) is 1.46. The fourth-order valence-electron chi connectivity index (χ4n) is 2.72. The molecule has 0 saturated heterocycles. The molecule has 0 saturated carbocycles. The third-order valence-corrected chi connectivity index (χ3v) is 3.98. The lowest BCUT2D eigenvalue weighted by Crippen LogP contribution is -2.00. The van der Waals surface area contributed by atoms with Crippen molar-refractivity contribution in [1.82, 2.24) is 19.5 Å². The predicted molar refractivity (Wildman–Crippen MR) is 97.2 cm³/mol. The number of benzene rings is 2. The van der Waals surface area contributed by atoms with Gasteiger partial charge in [-0.15, -0.1) is 0 Å². The smallest absolute Gasteiger partial charge is 0.143 e. The van der Waals surface area contributed by atoms with Crippen LogP contribution in [-0.2, 0) is 6.42 Å². The molecule has 0 aliphatic carbocycles. The van der Waals surface area contributed by atoms with E-state index in [-0.39, 0.29) is 6.61 Å². The minimum atomic E-state index is 0.154. The highest BCUT2D eigenvalue weighted by Gasteiger charge is 2.06. The van der Waals surface area contributed by atoms with Crippen LogP contribution < -0.4 is 5.32 Å². The minimum absolute atomic E-state index is 0.154. The maximum Gasteiger partial charge on any atom is 0.143 e. The average Bonchev–Trinajstić information content (AvgIpc) is 3.08. The van der Waals surface area contributed by atoms with E-state index < -0.39 is 0 Å². The number of hydrogen-bond acceptors (Lipinski definition) is 5. The largest absolute Gasteiger partial charge is 0.396 e. The van der Waals surface area contributed by atoms with Crippen molar-refractivity contribution in [2.45, 2.75) is 6.42 Å². The number of fused-ring (bicyclic) bond motifs is 1. The highest BCUT2D eigenvalue weighted by atomic mass is 16.2. The Morgan fingerprint density at radius 2 is 1.80 bits per heavy atom. The molecule has 0 fully saturated rings. The normalized spacial score (nSPS) is 10.9. The van der Waals surface area contributed by atoms with Crippen LogP contribution in [0.5, 0.6) is 0 Å². The maximum atomic E-state index is 8.98. The standard InChI is InChI=1S/C19H17N5O/c25-10-9-14-5-7-15(8-6-14)23-18-11-19(21-12-20-18)24-13-22-16-3-1-2-4-17(16)24/h1-8,11-13,25H,9-10H2,(H,20,21,23). The first-order chi connectivity index (χ1) is 12.3. The molecule has 2 aromatic carbocycles. The summed E-state index contributed by atoms with van der Waals surface area (Å²) < 4.78 is 1.94. The van der Waals surface area contributed by atoms with Gasteiger partial charge >= 0.3 is 0 Å². The summed E-state index contributed by atoms with van der Waals surface area (Å²) in [6.45, 7) is 0.154. The van der Waals surface area contributed by atoms with Gasteiger partial charge in [0.1, 0.15) is 24.3 Å². The molecule has 0 atom stereocenters. The van der Waals surface area contributed by atoms with Crippen molar-refractivity contribution in [3.05, 3.63) is 72.8 Å². The number of para-hydroxylation sites is 2. The second-order valence-electron chi connectivity index (χ2n) is 5.66. The van der Waals surface area contributed by atoms with Gasteiger partial charge in [-0.05, 0) is 36.2 Å². The van der Waals surface area contributed by atoms with Crippen molar-refractivity contribution < 1.29 is 5.11 Å². The molecule has 0 radical (unpaired) electrons. The SMILES string of the molecule is OCCc1ccc(Nc2cc(-n3cnc4ccccc43)ncn2)cc1. The quantitative estimate of drug-likeness (QED) is 0.588. The van der Waals surface area contributed by atoms with Gasteiger partial charge < -0.3 is 10.4 Å². The van der Waals surface area contributed by atoms with Gasteiger partial charge in [-0.3, -0.25) is 4.57 Å². The maximum absolute atomic E-state index is 8.98. The molecular weight excluding hydrogens is 314 g/mol. The Kier molecular flexibility index (Phi) is 4.10. The third-order valence-electron chi connectivity index (χ3n) is 3.98. The highest BCUT2D eigenvalue weighted by molar-refractivity contribution is 5.77. The van der Waals surface area contributed by atoms with Gasteiger partial charge in [0.2, 0.25) is 0 Å². The Labute approximate surface area is 144 Å². The Bertz CT molecular complexity index is 994. The van der Waals surface area contributed by atoms with Crippen LogP contribution in [-0.4, -0.2) is 31.2 Å². The number of hydrogen-bond donors (Lipinski definition) is 2. The van der Waals surface area contributed by atoms with Crippen molar-refractivity contribution in [2.75, 3.05) is 11.9 Å². The number of aliphatic hydroxyl groups is 1.